The zero-order chi connectivity index (χ0) is 35.1. The van der Waals surface area contributed by atoms with Gasteiger partial charge in [0, 0.05) is 25.3 Å². The number of carboxylic acids is 1. The summed E-state index contributed by atoms with van der Waals surface area (Å²) >= 11 is 0. The van der Waals surface area contributed by atoms with Crippen LogP contribution >= 0.6 is 0 Å². The number of carbonyl (C=O) groups excluding carboxylic acids is 1. The Morgan fingerprint density at radius 2 is 1.41 bits per heavy atom. The topological polar surface area (TPSA) is 97.3 Å². The number of urea groups is 1. The number of carboxylic acid groups (broad SMARTS) is 1. The number of nitrogens with one attached hydrogen (secondary N) is 1. The zero-order valence-electron chi connectivity index (χ0n) is 25.1. The van der Waals surface area contributed by atoms with Gasteiger partial charge in [-0.3, -0.25) is 0 Å². The largest absolute Gasteiger partial charge is 0.492 e. The highest BCUT2D eigenvalue weighted by molar-refractivity contribution is 5.91. The third-order valence-corrected chi connectivity index (χ3v) is 6.57. The first-order valence-corrected chi connectivity index (χ1v) is 13.7. The maximum absolute atomic E-state index is 13.9. The van der Waals surface area contributed by atoms with Crippen LogP contribution in [-0.4, -0.2) is 85.2 Å². The fourth-order valence-electron chi connectivity index (χ4n) is 4.24. The van der Waals surface area contributed by atoms with Crippen LogP contribution in [0.5, 0.6) is 5.75 Å². The molecule has 2 rings (SSSR count). The Kier molecular flexibility index (Phi) is 12.7. The summed E-state index contributed by atoms with van der Waals surface area (Å²) in [5.41, 5.74) is 2.98. The van der Waals surface area contributed by atoms with Gasteiger partial charge in [0.2, 0.25) is 0 Å². The number of hydrogen-bond acceptors (Lipinski definition) is 5. The van der Waals surface area contributed by atoms with Crippen LogP contribution in [0.4, 0.5) is 50.0 Å². The fourth-order valence-corrected chi connectivity index (χ4v) is 4.24. The van der Waals surface area contributed by atoms with Gasteiger partial charge in [-0.05, 0) is 56.5 Å². The van der Waals surface area contributed by atoms with Crippen molar-refractivity contribution < 1.29 is 68.4 Å². The van der Waals surface area contributed by atoms with Crippen molar-refractivity contribution in [3.8, 4) is 5.75 Å². The Morgan fingerprint density at radius 3 is 1.91 bits per heavy atom. The molecule has 258 valence electrons. The van der Waals surface area contributed by atoms with Crippen LogP contribution in [0, 0.1) is 20.8 Å². The van der Waals surface area contributed by atoms with Crippen LogP contribution in [0.1, 0.15) is 29.2 Å². The van der Waals surface area contributed by atoms with Gasteiger partial charge in [0.1, 0.15) is 12.4 Å². The SMILES string of the molecule is CCOC(Cc1ccc(OCCN(CCOC(F)(F)C(F)(F)C(F)(F)C(F)(F)F)C(=O)Nc2c(C)cc(C)cc2C)cc1)C(=O)O. The third kappa shape index (κ3) is 9.40. The molecule has 0 saturated carbocycles. The van der Waals surface area contributed by atoms with Crippen molar-refractivity contribution >= 4 is 17.7 Å². The first kappa shape index (κ1) is 38.5. The van der Waals surface area contributed by atoms with E-state index < -0.39 is 61.9 Å². The molecule has 0 bridgehead atoms. The van der Waals surface area contributed by atoms with Crippen molar-refractivity contribution in [3.05, 3.63) is 58.7 Å². The molecule has 2 N–H and O–H groups in total. The summed E-state index contributed by atoms with van der Waals surface area (Å²) in [4.78, 5) is 25.1. The van der Waals surface area contributed by atoms with E-state index in [9.17, 15) is 54.2 Å². The molecule has 0 spiro atoms. The minimum absolute atomic E-state index is 0.0494. The average molecular weight is 677 g/mol. The van der Waals surface area contributed by atoms with E-state index in [1.165, 1.54) is 12.1 Å². The van der Waals surface area contributed by atoms with Crippen LogP contribution in [0.15, 0.2) is 36.4 Å². The number of rotatable bonds is 16. The number of alkyl halides is 9. The molecule has 0 radical (unpaired) electrons. The van der Waals surface area contributed by atoms with E-state index in [-0.39, 0.29) is 25.4 Å². The lowest BCUT2D eigenvalue weighted by atomic mass is 10.1. The molecule has 0 aliphatic heterocycles. The number of amides is 2. The second kappa shape index (κ2) is 15.2. The van der Waals surface area contributed by atoms with Crippen molar-refractivity contribution in [1.82, 2.24) is 4.90 Å². The number of halogens is 9. The standard InChI is InChI=1S/C29H33F9N2O6/c1-5-44-22(24(41)42)16-20-6-8-21(9-7-20)45-12-10-40(25(43)39-23-18(3)14-17(2)15-19(23)4)11-13-46-29(37,38)27(32,33)26(30,31)28(34,35)36/h6-9,14-15,22H,5,10-13,16H2,1-4H3,(H,39,43)(H,41,42). The third-order valence-electron chi connectivity index (χ3n) is 6.57. The maximum Gasteiger partial charge on any atom is 0.460 e. The Labute approximate surface area is 258 Å². The highest BCUT2D eigenvalue weighted by atomic mass is 19.4. The summed E-state index contributed by atoms with van der Waals surface area (Å²) in [5.74, 6) is -15.0. The van der Waals surface area contributed by atoms with Crippen molar-refractivity contribution in [3.63, 3.8) is 0 Å². The molecule has 2 aromatic rings. The van der Waals surface area contributed by atoms with Gasteiger partial charge < -0.3 is 29.5 Å². The second-order valence-electron chi connectivity index (χ2n) is 10.2. The number of anilines is 1. The van der Waals surface area contributed by atoms with E-state index in [1.807, 2.05) is 0 Å². The Hall–Kier alpha value is -3.73. The molecule has 0 aliphatic carbocycles. The van der Waals surface area contributed by atoms with Crippen LogP contribution < -0.4 is 10.1 Å². The summed E-state index contributed by atoms with van der Waals surface area (Å²) in [6.07, 6.45) is -14.3. The molecule has 0 aromatic heterocycles. The van der Waals surface area contributed by atoms with Gasteiger partial charge in [-0.2, -0.15) is 39.5 Å². The fraction of sp³-hybridized carbons (Fsp3) is 0.517. The number of hydrogen-bond donors (Lipinski definition) is 2. The lowest BCUT2D eigenvalue weighted by Gasteiger charge is -2.33. The molecule has 8 nitrogen and oxygen atoms in total. The summed E-state index contributed by atoms with van der Waals surface area (Å²) in [6, 6.07) is 8.50. The smallest absolute Gasteiger partial charge is 0.460 e. The molecule has 1 atom stereocenters. The molecule has 0 fully saturated rings. The monoisotopic (exact) mass is 676 g/mol. The predicted octanol–water partition coefficient (Wildman–Crippen LogP) is 7.00. The van der Waals surface area contributed by atoms with Crippen molar-refractivity contribution in [2.45, 2.75) is 64.3 Å². The van der Waals surface area contributed by atoms with Crippen molar-refractivity contribution in [2.75, 3.05) is 38.2 Å². The van der Waals surface area contributed by atoms with E-state index in [2.05, 4.69) is 10.1 Å². The van der Waals surface area contributed by atoms with Crippen LogP contribution in [0.2, 0.25) is 0 Å². The van der Waals surface area contributed by atoms with E-state index >= 15 is 0 Å². The highest BCUT2D eigenvalue weighted by Gasteiger charge is 2.82. The zero-order valence-corrected chi connectivity index (χ0v) is 25.1. The Morgan fingerprint density at radius 1 is 0.870 bits per heavy atom. The second-order valence-corrected chi connectivity index (χ2v) is 10.2. The van der Waals surface area contributed by atoms with Gasteiger partial charge >= 0.3 is 36.1 Å². The molecule has 0 saturated heterocycles. The number of ether oxygens (including phenoxy) is 3. The predicted molar refractivity (Wildman–Crippen MR) is 147 cm³/mol. The molecule has 2 amide bonds. The molecule has 0 heterocycles. The van der Waals surface area contributed by atoms with Gasteiger partial charge in [0.25, 0.3) is 0 Å². The van der Waals surface area contributed by atoms with E-state index in [4.69, 9.17) is 9.47 Å². The molecular formula is C29H33F9N2O6. The lowest BCUT2D eigenvalue weighted by Crippen LogP contribution is -2.62. The van der Waals surface area contributed by atoms with Crippen molar-refractivity contribution in [1.29, 1.82) is 0 Å². The summed E-state index contributed by atoms with van der Waals surface area (Å²) in [5, 5.41) is 11.8. The van der Waals surface area contributed by atoms with E-state index in [0.29, 0.717) is 22.4 Å². The molecule has 0 aliphatic rings. The Bertz CT molecular complexity index is 1310. The van der Waals surface area contributed by atoms with E-state index in [1.54, 1.807) is 52.0 Å². The first-order valence-electron chi connectivity index (χ1n) is 13.7. The van der Waals surface area contributed by atoms with Crippen molar-refractivity contribution in [2.24, 2.45) is 0 Å². The minimum atomic E-state index is -7.12. The van der Waals surface area contributed by atoms with Gasteiger partial charge in [-0.25, -0.2) is 9.59 Å². The first-order chi connectivity index (χ1) is 21.1. The normalized spacial score (nSPS) is 13.3. The maximum atomic E-state index is 13.9. The van der Waals surface area contributed by atoms with Gasteiger partial charge in [0.05, 0.1) is 13.2 Å². The molecule has 17 heteroatoms. The number of nitrogens with zero attached hydrogens (tertiary/aromatic N) is 1. The Balaban J connectivity index is 2.17. The summed E-state index contributed by atoms with van der Waals surface area (Å²) in [6.45, 7) is 3.68. The number of benzene rings is 2. The molecule has 2 aromatic carbocycles. The average Bonchev–Trinajstić information content (AvgIpc) is 2.93. The molecule has 46 heavy (non-hydrogen) atoms. The van der Waals surface area contributed by atoms with Gasteiger partial charge in [0.15, 0.2) is 6.10 Å². The van der Waals surface area contributed by atoms with Crippen LogP contribution in [0.3, 0.4) is 0 Å². The number of aliphatic carboxylic acids is 1. The van der Waals surface area contributed by atoms with E-state index in [0.717, 1.165) is 10.5 Å². The van der Waals surface area contributed by atoms with Gasteiger partial charge in [-0.15, -0.1) is 0 Å². The minimum Gasteiger partial charge on any atom is -0.492 e. The van der Waals surface area contributed by atoms with Crippen LogP contribution in [0.25, 0.3) is 0 Å². The number of carbonyl (C=O) groups is 2. The highest BCUT2D eigenvalue weighted by Crippen LogP contribution is 2.53. The summed E-state index contributed by atoms with van der Waals surface area (Å²) in [7, 11) is 0. The quantitative estimate of drug-likeness (QED) is 0.186. The lowest BCUT2D eigenvalue weighted by molar-refractivity contribution is -0.443. The van der Waals surface area contributed by atoms with Gasteiger partial charge in [-0.1, -0.05) is 29.8 Å². The summed E-state index contributed by atoms with van der Waals surface area (Å²) < 4.78 is 133. The molecule has 1 unspecified atom stereocenters. The number of aryl methyl sites for hydroxylation is 3. The molecular weight excluding hydrogens is 643 g/mol. The van der Waals surface area contributed by atoms with Crippen LogP contribution in [-0.2, 0) is 20.7 Å².